The molecule has 202 valence electrons. The summed E-state index contributed by atoms with van der Waals surface area (Å²) in [6.45, 7) is 19.3. The largest absolute Gasteiger partial charge is 0.460 e. The van der Waals surface area contributed by atoms with Gasteiger partial charge in [0.1, 0.15) is 0 Å². The van der Waals surface area contributed by atoms with E-state index in [1.807, 2.05) is 27.7 Å². The molecule has 5 unspecified atom stereocenters. The maximum atomic E-state index is 14.3. The van der Waals surface area contributed by atoms with Crippen LogP contribution in [0.5, 0.6) is 0 Å². The zero-order chi connectivity index (χ0) is 27.0. The lowest BCUT2D eigenvalue weighted by molar-refractivity contribution is -0.345. The summed E-state index contributed by atoms with van der Waals surface area (Å²) < 4.78 is 93.7. The predicted octanol–water partition coefficient (Wildman–Crippen LogP) is 10.5. The highest BCUT2D eigenvalue weighted by Gasteiger charge is 2.74. The van der Waals surface area contributed by atoms with Crippen molar-refractivity contribution in [2.24, 2.45) is 34.0 Å². The van der Waals surface area contributed by atoms with E-state index < -0.39 is 35.4 Å². The molecule has 0 spiro atoms. The molecule has 3 aliphatic carbocycles. The first-order valence-corrected chi connectivity index (χ1v) is 12.9. The molecule has 0 nitrogen and oxygen atoms in total. The van der Waals surface area contributed by atoms with Crippen molar-refractivity contribution >= 4 is 0 Å². The number of halogens is 7. The summed E-state index contributed by atoms with van der Waals surface area (Å²) in [4.78, 5) is 0. The maximum absolute atomic E-state index is 14.3. The lowest BCUT2D eigenvalue weighted by Crippen LogP contribution is -2.53. The van der Waals surface area contributed by atoms with Crippen LogP contribution >= 0.6 is 0 Å². The zero-order valence-electron chi connectivity index (χ0n) is 22.2. The molecule has 0 aromatic heterocycles. The number of alkyl halides is 7. The molecule has 0 aromatic carbocycles. The number of fused-ring (bicyclic) bond motifs is 1. The summed E-state index contributed by atoms with van der Waals surface area (Å²) in [5.41, 5.74) is -1.58. The standard InChI is InChI=1S/C23H33F7.2C2H6/c1-14(21(24,25)22(26,27)23(28,29)30)11-19(4,9-7-16-12-18(16,2)3)15-6-8-20(5)13-17(20)10-15;2*1-2/h15-17H,1,6-13H2,2-5H3;2*1-2H3. The van der Waals surface area contributed by atoms with E-state index in [-0.39, 0.29) is 11.3 Å². The van der Waals surface area contributed by atoms with E-state index in [9.17, 15) is 30.7 Å². The van der Waals surface area contributed by atoms with Crippen LogP contribution in [-0.4, -0.2) is 18.0 Å². The molecule has 0 saturated heterocycles. The van der Waals surface area contributed by atoms with Gasteiger partial charge in [-0.05, 0) is 90.9 Å². The van der Waals surface area contributed by atoms with Crippen molar-refractivity contribution in [1.29, 1.82) is 0 Å². The van der Waals surface area contributed by atoms with Crippen molar-refractivity contribution in [1.82, 2.24) is 0 Å². The van der Waals surface area contributed by atoms with E-state index in [4.69, 9.17) is 0 Å². The van der Waals surface area contributed by atoms with Crippen molar-refractivity contribution in [3.8, 4) is 0 Å². The summed E-state index contributed by atoms with van der Waals surface area (Å²) in [7, 11) is 0. The zero-order valence-corrected chi connectivity index (χ0v) is 22.2. The highest BCUT2D eigenvalue weighted by molar-refractivity contribution is 5.19. The van der Waals surface area contributed by atoms with Crippen LogP contribution in [0.3, 0.4) is 0 Å². The fraction of sp³-hybridized carbons (Fsp3) is 0.926. The molecule has 0 aliphatic heterocycles. The Morgan fingerprint density at radius 1 is 0.912 bits per heavy atom. The molecule has 5 atom stereocenters. The van der Waals surface area contributed by atoms with Gasteiger partial charge in [-0.2, -0.15) is 30.7 Å². The highest BCUT2D eigenvalue weighted by atomic mass is 19.4. The van der Waals surface area contributed by atoms with Gasteiger partial charge < -0.3 is 0 Å². The van der Waals surface area contributed by atoms with E-state index in [0.717, 1.165) is 38.5 Å². The van der Waals surface area contributed by atoms with E-state index in [2.05, 4.69) is 27.4 Å². The Morgan fingerprint density at radius 3 is 1.82 bits per heavy atom. The molecular formula is C27H45F7. The molecule has 0 radical (unpaired) electrons. The van der Waals surface area contributed by atoms with Gasteiger partial charge in [-0.25, -0.2) is 0 Å². The average molecular weight is 503 g/mol. The third kappa shape index (κ3) is 6.14. The minimum Gasteiger partial charge on any atom is -0.194 e. The van der Waals surface area contributed by atoms with Gasteiger partial charge in [0.05, 0.1) is 0 Å². The van der Waals surface area contributed by atoms with Crippen LogP contribution in [0.25, 0.3) is 0 Å². The molecule has 34 heavy (non-hydrogen) atoms. The third-order valence-electron chi connectivity index (χ3n) is 8.75. The number of hydrogen-bond donors (Lipinski definition) is 0. The second-order valence-electron chi connectivity index (χ2n) is 11.5. The highest BCUT2D eigenvalue weighted by Crippen LogP contribution is 2.66. The first kappa shape index (κ1) is 31.3. The Morgan fingerprint density at radius 2 is 1.41 bits per heavy atom. The molecule has 7 heteroatoms. The van der Waals surface area contributed by atoms with Gasteiger partial charge in [-0.15, -0.1) is 0 Å². The Balaban J connectivity index is 0.00000137. The van der Waals surface area contributed by atoms with Crippen LogP contribution in [0.1, 0.15) is 107 Å². The summed E-state index contributed by atoms with van der Waals surface area (Å²) in [5, 5.41) is 0. The van der Waals surface area contributed by atoms with Gasteiger partial charge >= 0.3 is 18.0 Å². The Labute approximate surface area is 202 Å². The lowest BCUT2D eigenvalue weighted by atomic mass is 9.63. The minimum atomic E-state index is -6.32. The molecule has 0 N–H and O–H groups in total. The van der Waals surface area contributed by atoms with Gasteiger partial charge in [-0.1, -0.05) is 62.0 Å². The quantitative estimate of drug-likeness (QED) is 0.229. The minimum absolute atomic E-state index is 0.0343. The van der Waals surface area contributed by atoms with Crippen molar-refractivity contribution in [3.63, 3.8) is 0 Å². The van der Waals surface area contributed by atoms with E-state index in [1.54, 1.807) is 6.92 Å². The predicted molar refractivity (Wildman–Crippen MR) is 125 cm³/mol. The number of rotatable bonds is 8. The molecule has 3 fully saturated rings. The average Bonchev–Trinajstić information content (AvgIpc) is 3.60. The summed E-state index contributed by atoms with van der Waals surface area (Å²) >= 11 is 0. The molecular weight excluding hydrogens is 457 g/mol. The lowest BCUT2D eigenvalue weighted by Gasteiger charge is -2.43. The first-order chi connectivity index (χ1) is 15.4. The second-order valence-corrected chi connectivity index (χ2v) is 11.5. The fourth-order valence-electron chi connectivity index (χ4n) is 5.78. The summed E-state index contributed by atoms with van der Waals surface area (Å²) in [5.74, 6) is -10.5. The summed E-state index contributed by atoms with van der Waals surface area (Å²) in [6, 6.07) is 0. The van der Waals surface area contributed by atoms with Gasteiger partial charge in [0.15, 0.2) is 0 Å². The van der Waals surface area contributed by atoms with Crippen LogP contribution in [-0.2, 0) is 0 Å². The van der Waals surface area contributed by atoms with E-state index in [1.165, 1.54) is 0 Å². The normalized spacial score (nSPS) is 31.6. The molecule has 0 aromatic rings. The van der Waals surface area contributed by atoms with Crippen LogP contribution in [0.15, 0.2) is 12.2 Å². The van der Waals surface area contributed by atoms with Gasteiger partial charge in [0, 0.05) is 0 Å². The molecule has 3 saturated carbocycles. The Hall–Kier alpha value is -0.750. The maximum Gasteiger partial charge on any atom is 0.460 e. The topological polar surface area (TPSA) is 0 Å². The molecule has 3 aliphatic rings. The van der Waals surface area contributed by atoms with Crippen LogP contribution < -0.4 is 0 Å². The molecule has 0 heterocycles. The smallest absolute Gasteiger partial charge is 0.194 e. The Kier molecular flexibility index (Phi) is 9.49. The molecule has 0 bridgehead atoms. The molecule has 3 rings (SSSR count). The van der Waals surface area contributed by atoms with E-state index >= 15 is 0 Å². The van der Waals surface area contributed by atoms with Crippen molar-refractivity contribution in [2.45, 2.75) is 125 Å². The fourth-order valence-corrected chi connectivity index (χ4v) is 5.78. The SMILES string of the molecule is C=C(CC(C)(CCC1CC1(C)C)C1CCC2(C)CC2C1)C(F)(F)C(F)(F)C(F)(F)F.CC.CC. The third-order valence-corrected chi connectivity index (χ3v) is 8.75. The number of hydrogen-bond acceptors (Lipinski definition) is 0. The van der Waals surface area contributed by atoms with Crippen LogP contribution in [0.2, 0.25) is 0 Å². The summed E-state index contributed by atoms with van der Waals surface area (Å²) in [6.07, 6.45) is -0.827. The van der Waals surface area contributed by atoms with Crippen molar-refractivity contribution in [3.05, 3.63) is 12.2 Å². The van der Waals surface area contributed by atoms with Crippen LogP contribution in [0, 0.1) is 34.0 Å². The monoisotopic (exact) mass is 502 g/mol. The van der Waals surface area contributed by atoms with Crippen LogP contribution in [0.4, 0.5) is 30.7 Å². The van der Waals surface area contributed by atoms with Gasteiger partial charge in [0.25, 0.3) is 0 Å². The van der Waals surface area contributed by atoms with Crippen molar-refractivity contribution < 1.29 is 30.7 Å². The Bertz CT molecular complexity index is 694. The molecule has 0 amide bonds. The number of allylic oxidation sites excluding steroid dienone is 1. The first-order valence-electron chi connectivity index (χ1n) is 12.9. The van der Waals surface area contributed by atoms with Gasteiger partial charge in [0.2, 0.25) is 0 Å². The van der Waals surface area contributed by atoms with Crippen molar-refractivity contribution in [2.75, 3.05) is 0 Å². The van der Waals surface area contributed by atoms with Gasteiger partial charge in [-0.3, -0.25) is 0 Å². The van der Waals surface area contributed by atoms with E-state index in [0.29, 0.717) is 23.7 Å². The second kappa shape index (κ2) is 10.3.